The number of pyridine rings is 1. The monoisotopic (exact) mass is 266 g/mol. The summed E-state index contributed by atoms with van der Waals surface area (Å²) < 4.78 is 0. The molecule has 0 aliphatic heterocycles. The highest BCUT2D eigenvalue weighted by atomic mass is 32.2. The van der Waals surface area contributed by atoms with Crippen LogP contribution in [0.1, 0.15) is 0 Å². The topological polar surface area (TPSA) is 97.1 Å². The number of carbonyl (C=O) groups excluding carboxylic acids is 2. The molecule has 0 aromatic carbocycles. The molecule has 0 fully saturated rings. The zero-order valence-electron chi connectivity index (χ0n) is 9.68. The van der Waals surface area contributed by atoms with Gasteiger partial charge in [0.05, 0.1) is 5.75 Å². The number of anilines is 1. The molecular weight excluding hydrogens is 252 g/mol. The third kappa shape index (κ3) is 5.35. The summed E-state index contributed by atoms with van der Waals surface area (Å²) in [6, 6.07) is 2.88. The number of aromatic nitrogens is 1. The number of hydrogen-bond acceptors (Lipinski definition) is 5. The number of nitrogens with two attached hydrogens (primary N) is 1. The normalized spacial score (nSPS) is 9.56. The smallest absolute Gasteiger partial charge is 0.321 e. The number of urea groups is 1. The lowest BCUT2D eigenvalue weighted by molar-refractivity contribution is -0.117. The standard InChI is InChI=1S/C11H14N4O2S/c1-2-5-13-11(17)15-10(16)7-18-8-3-4-9(12)14-6-8/h2-4,6H,1,5,7H2,(H2,12,14)(H2,13,15,16,17). The average Bonchev–Trinajstić information content (AvgIpc) is 2.35. The van der Waals surface area contributed by atoms with E-state index in [9.17, 15) is 9.59 Å². The molecular formula is C11H14N4O2S. The highest BCUT2D eigenvalue weighted by molar-refractivity contribution is 8.00. The third-order valence-corrected chi connectivity index (χ3v) is 2.77. The van der Waals surface area contributed by atoms with E-state index in [1.807, 2.05) is 0 Å². The molecule has 0 radical (unpaired) electrons. The van der Waals surface area contributed by atoms with E-state index < -0.39 is 6.03 Å². The van der Waals surface area contributed by atoms with E-state index >= 15 is 0 Å². The zero-order chi connectivity index (χ0) is 13.4. The van der Waals surface area contributed by atoms with Gasteiger partial charge in [0.15, 0.2) is 0 Å². The van der Waals surface area contributed by atoms with Crippen molar-refractivity contribution in [1.29, 1.82) is 0 Å². The van der Waals surface area contributed by atoms with E-state index in [-0.39, 0.29) is 11.7 Å². The molecule has 0 bridgehead atoms. The Morgan fingerprint density at radius 3 is 2.89 bits per heavy atom. The van der Waals surface area contributed by atoms with Gasteiger partial charge in [-0.1, -0.05) is 6.08 Å². The second kappa shape index (κ2) is 7.33. The summed E-state index contributed by atoms with van der Waals surface area (Å²) in [7, 11) is 0. The van der Waals surface area contributed by atoms with Gasteiger partial charge in [0, 0.05) is 17.6 Å². The predicted octanol–water partition coefficient (Wildman–Crippen LogP) is 0.768. The van der Waals surface area contributed by atoms with Gasteiger partial charge in [-0.3, -0.25) is 10.1 Å². The number of nitrogens with zero attached hydrogens (tertiary/aromatic N) is 1. The molecule has 1 rings (SSSR count). The Hall–Kier alpha value is -2.02. The van der Waals surface area contributed by atoms with Crippen LogP contribution in [-0.4, -0.2) is 29.2 Å². The summed E-state index contributed by atoms with van der Waals surface area (Å²) in [6.07, 6.45) is 3.10. The number of amides is 3. The van der Waals surface area contributed by atoms with E-state index in [1.165, 1.54) is 17.8 Å². The van der Waals surface area contributed by atoms with Gasteiger partial charge in [-0.25, -0.2) is 9.78 Å². The molecule has 0 aliphatic rings. The summed E-state index contributed by atoms with van der Waals surface area (Å²) in [5.74, 6) is 0.179. The maximum Gasteiger partial charge on any atom is 0.321 e. The van der Waals surface area contributed by atoms with Crippen molar-refractivity contribution in [2.24, 2.45) is 0 Å². The Kier molecular flexibility index (Phi) is 5.72. The average molecular weight is 266 g/mol. The molecule has 0 spiro atoms. The first kappa shape index (κ1) is 14.0. The number of rotatable bonds is 5. The van der Waals surface area contributed by atoms with Gasteiger partial charge in [0.2, 0.25) is 5.91 Å². The first-order valence-electron chi connectivity index (χ1n) is 5.14. The van der Waals surface area contributed by atoms with Crippen LogP contribution in [0.4, 0.5) is 10.6 Å². The molecule has 1 heterocycles. The molecule has 0 saturated carbocycles. The molecule has 0 aliphatic carbocycles. The number of thioether (sulfide) groups is 1. The first-order valence-corrected chi connectivity index (χ1v) is 6.13. The van der Waals surface area contributed by atoms with Crippen LogP contribution < -0.4 is 16.4 Å². The SMILES string of the molecule is C=CCNC(=O)NC(=O)CSc1ccc(N)nc1. The Labute approximate surface area is 109 Å². The maximum absolute atomic E-state index is 11.4. The van der Waals surface area contributed by atoms with Crippen molar-refractivity contribution in [1.82, 2.24) is 15.6 Å². The Morgan fingerprint density at radius 2 is 2.28 bits per heavy atom. The van der Waals surface area contributed by atoms with Gasteiger partial charge in [-0.2, -0.15) is 0 Å². The Balaban J connectivity index is 2.30. The molecule has 0 atom stereocenters. The van der Waals surface area contributed by atoms with Gasteiger partial charge < -0.3 is 11.1 Å². The van der Waals surface area contributed by atoms with Gasteiger partial charge in [0.25, 0.3) is 0 Å². The molecule has 3 amide bonds. The Bertz CT molecular complexity index is 433. The van der Waals surface area contributed by atoms with Gasteiger partial charge >= 0.3 is 6.03 Å². The molecule has 96 valence electrons. The second-order valence-electron chi connectivity index (χ2n) is 3.25. The predicted molar refractivity (Wildman–Crippen MR) is 71.1 cm³/mol. The van der Waals surface area contributed by atoms with E-state index in [0.29, 0.717) is 12.4 Å². The Morgan fingerprint density at radius 1 is 1.50 bits per heavy atom. The molecule has 7 heteroatoms. The molecule has 0 saturated heterocycles. The number of carbonyl (C=O) groups is 2. The number of nitrogen functional groups attached to an aromatic ring is 1. The highest BCUT2D eigenvalue weighted by Gasteiger charge is 2.07. The van der Waals surface area contributed by atoms with Crippen molar-refractivity contribution in [3.05, 3.63) is 31.0 Å². The van der Waals surface area contributed by atoms with E-state index in [4.69, 9.17) is 5.73 Å². The van der Waals surface area contributed by atoms with Crippen molar-refractivity contribution < 1.29 is 9.59 Å². The maximum atomic E-state index is 11.4. The molecule has 4 N–H and O–H groups in total. The van der Waals surface area contributed by atoms with E-state index in [0.717, 1.165) is 4.90 Å². The minimum absolute atomic E-state index is 0.132. The molecule has 0 unspecified atom stereocenters. The fourth-order valence-corrected chi connectivity index (χ4v) is 1.66. The second-order valence-corrected chi connectivity index (χ2v) is 4.30. The number of nitrogens with one attached hydrogen (secondary N) is 2. The lowest BCUT2D eigenvalue weighted by Crippen LogP contribution is -2.40. The quantitative estimate of drug-likeness (QED) is 0.540. The lowest BCUT2D eigenvalue weighted by atomic mass is 10.5. The van der Waals surface area contributed by atoms with Gasteiger partial charge in [-0.15, -0.1) is 18.3 Å². The van der Waals surface area contributed by atoms with Crippen LogP contribution in [0.25, 0.3) is 0 Å². The van der Waals surface area contributed by atoms with Crippen LogP contribution in [0, 0.1) is 0 Å². The first-order chi connectivity index (χ1) is 8.61. The minimum Gasteiger partial charge on any atom is -0.384 e. The number of imide groups is 1. The minimum atomic E-state index is -0.532. The van der Waals surface area contributed by atoms with E-state index in [1.54, 1.807) is 18.3 Å². The third-order valence-electron chi connectivity index (χ3n) is 1.79. The molecule has 18 heavy (non-hydrogen) atoms. The molecule has 1 aromatic heterocycles. The van der Waals surface area contributed by atoms with Crippen molar-refractivity contribution in [2.75, 3.05) is 18.0 Å². The van der Waals surface area contributed by atoms with E-state index in [2.05, 4.69) is 22.2 Å². The fraction of sp³-hybridized carbons (Fsp3) is 0.182. The van der Waals surface area contributed by atoms with Crippen LogP contribution in [0.15, 0.2) is 35.9 Å². The van der Waals surface area contributed by atoms with Crippen LogP contribution in [0.2, 0.25) is 0 Å². The molecule has 1 aromatic rings. The lowest BCUT2D eigenvalue weighted by Gasteiger charge is -2.04. The summed E-state index contributed by atoms with van der Waals surface area (Å²) in [4.78, 5) is 27.2. The molecule has 6 nitrogen and oxygen atoms in total. The van der Waals surface area contributed by atoms with Crippen LogP contribution >= 0.6 is 11.8 Å². The van der Waals surface area contributed by atoms with Crippen molar-refractivity contribution >= 4 is 29.5 Å². The van der Waals surface area contributed by atoms with Gasteiger partial charge in [0.1, 0.15) is 5.82 Å². The summed E-state index contributed by atoms with van der Waals surface area (Å²) in [5.41, 5.74) is 5.43. The largest absolute Gasteiger partial charge is 0.384 e. The van der Waals surface area contributed by atoms with Crippen molar-refractivity contribution in [2.45, 2.75) is 4.90 Å². The van der Waals surface area contributed by atoms with Crippen LogP contribution in [0.5, 0.6) is 0 Å². The highest BCUT2D eigenvalue weighted by Crippen LogP contribution is 2.16. The summed E-state index contributed by atoms with van der Waals surface area (Å²) >= 11 is 1.27. The summed E-state index contributed by atoms with van der Waals surface area (Å²) in [5, 5.41) is 4.64. The van der Waals surface area contributed by atoms with Crippen molar-refractivity contribution in [3.63, 3.8) is 0 Å². The van der Waals surface area contributed by atoms with Gasteiger partial charge in [-0.05, 0) is 12.1 Å². The number of hydrogen-bond donors (Lipinski definition) is 3. The van der Waals surface area contributed by atoms with Crippen molar-refractivity contribution in [3.8, 4) is 0 Å². The fourth-order valence-electron chi connectivity index (χ4n) is 0.998. The van der Waals surface area contributed by atoms with Crippen LogP contribution in [0.3, 0.4) is 0 Å². The van der Waals surface area contributed by atoms with Crippen LogP contribution in [-0.2, 0) is 4.79 Å². The summed E-state index contributed by atoms with van der Waals surface area (Å²) in [6.45, 7) is 3.76. The zero-order valence-corrected chi connectivity index (χ0v) is 10.5.